The van der Waals surface area contributed by atoms with Crippen LogP contribution in [0.1, 0.15) is 44.9 Å². The van der Waals surface area contributed by atoms with Gasteiger partial charge in [-0.25, -0.2) is 4.79 Å². The Kier molecular flexibility index (Phi) is 7.18. The summed E-state index contributed by atoms with van der Waals surface area (Å²) in [7, 11) is 0. The fraction of sp³-hybridized carbons (Fsp3) is 0.619. The number of amides is 3. The predicted octanol–water partition coefficient (Wildman–Crippen LogP) is 3.14. The number of anilines is 1. The van der Waals surface area contributed by atoms with Crippen molar-refractivity contribution in [3.8, 4) is 0 Å². The van der Waals surface area contributed by atoms with E-state index in [9.17, 15) is 9.59 Å². The molecule has 4 rings (SSSR count). The van der Waals surface area contributed by atoms with E-state index in [1.165, 1.54) is 25.7 Å². The van der Waals surface area contributed by atoms with Gasteiger partial charge in [-0.2, -0.15) is 0 Å². The lowest BCUT2D eigenvalue weighted by atomic mass is 9.85. The van der Waals surface area contributed by atoms with Crippen molar-refractivity contribution in [3.63, 3.8) is 0 Å². The molecule has 1 aromatic rings. The Balaban J connectivity index is 0.00000225. The molecule has 0 aromatic heterocycles. The van der Waals surface area contributed by atoms with Crippen LogP contribution in [0.2, 0.25) is 0 Å². The largest absolute Gasteiger partial charge is 0.341 e. The summed E-state index contributed by atoms with van der Waals surface area (Å²) in [6, 6.07) is 9.95. The Bertz CT molecular complexity index is 650. The zero-order valence-electron chi connectivity index (χ0n) is 16.2. The van der Waals surface area contributed by atoms with Crippen LogP contribution in [0, 0.1) is 5.92 Å². The van der Waals surface area contributed by atoms with Crippen LogP contribution < -0.4 is 16.0 Å². The first kappa shape index (κ1) is 20.9. The third-order valence-corrected chi connectivity index (χ3v) is 6.33. The molecule has 28 heavy (non-hydrogen) atoms. The van der Waals surface area contributed by atoms with Gasteiger partial charge in [0.05, 0.1) is 6.04 Å². The van der Waals surface area contributed by atoms with Gasteiger partial charge in [0.2, 0.25) is 5.91 Å². The summed E-state index contributed by atoms with van der Waals surface area (Å²) in [4.78, 5) is 27.0. The molecule has 3 unspecified atom stereocenters. The van der Waals surface area contributed by atoms with E-state index in [4.69, 9.17) is 0 Å². The second-order valence-electron chi connectivity index (χ2n) is 8.17. The molecule has 0 bridgehead atoms. The van der Waals surface area contributed by atoms with Crippen LogP contribution in [0.25, 0.3) is 0 Å². The smallest absolute Gasteiger partial charge is 0.319 e. The Morgan fingerprint density at radius 1 is 1.00 bits per heavy atom. The van der Waals surface area contributed by atoms with Gasteiger partial charge in [-0.3, -0.25) is 4.79 Å². The monoisotopic (exact) mass is 406 g/mol. The summed E-state index contributed by atoms with van der Waals surface area (Å²) in [5.41, 5.74) is 0.788. The first-order valence-electron chi connectivity index (χ1n) is 10.4. The molecule has 3 amide bonds. The topological polar surface area (TPSA) is 73.5 Å². The van der Waals surface area contributed by atoms with Crippen molar-refractivity contribution in [1.82, 2.24) is 15.5 Å². The molecule has 154 valence electrons. The van der Waals surface area contributed by atoms with Gasteiger partial charge >= 0.3 is 6.03 Å². The first-order chi connectivity index (χ1) is 13.2. The van der Waals surface area contributed by atoms with Crippen molar-refractivity contribution < 1.29 is 9.59 Å². The number of nitrogens with one attached hydrogen (secondary N) is 3. The Morgan fingerprint density at radius 2 is 1.71 bits per heavy atom. The van der Waals surface area contributed by atoms with Crippen LogP contribution in [0.5, 0.6) is 0 Å². The van der Waals surface area contributed by atoms with Crippen molar-refractivity contribution in [1.29, 1.82) is 0 Å². The minimum absolute atomic E-state index is 0. The average Bonchev–Trinajstić information content (AvgIpc) is 3.13. The number of nitrogens with zero attached hydrogens (tertiary/aromatic N) is 1. The summed E-state index contributed by atoms with van der Waals surface area (Å²) in [6.45, 7) is 1.45. The molecule has 2 saturated heterocycles. The number of urea groups is 1. The Morgan fingerprint density at radius 3 is 2.43 bits per heavy atom. The molecular formula is C21H31ClN4O2. The van der Waals surface area contributed by atoms with E-state index in [1.54, 1.807) is 0 Å². The molecular weight excluding hydrogens is 376 g/mol. The number of hydrogen-bond donors (Lipinski definition) is 3. The molecule has 1 aliphatic carbocycles. The van der Waals surface area contributed by atoms with Crippen molar-refractivity contribution in [2.75, 3.05) is 18.4 Å². The van der Waals surface area contributed by atoms with Crippen molar-refractivity contribution in [3.05, 3.63) is 30.3 Å². The van der Waals surface area contributed by atoms with Crippen LogP contribution in [-0.2, 0) is 4.79 Å². The number of para-hydroxylation sites is 1. The number of piperidine rings is 1. The van der Waals surface area contributed by atoms with E-state index in [-0.39, 0.29) is 36.4 Å². The summed E-state index contributed by atoms with van der Waals surface area (Å²) < 4.78 is 0. The molecule has 1 aromatic carbocycles. The maximum absolute atomic E-state index is 12.9. The van der Waals surface area contributed by atoms with Gasteiger partial charge < -0.3 is 20.9 Å². The van der Waals surface area contributed by atoms with Gasteiger partial charge in [0.15, 0.2) is 0 Å². The molecule has 1 saturated carbocycles. The zero-order valence-corrected chi connectivity index (χ0v) is 17.0. The van der Waals surface area contributed by atoms with E-state index in [0.717, 1.165) is 38.0 Å². The van der Waals surface area contributed by atoms with E-state index in [1.807, 2.05) is 35.2 Å². The number of halogens is 1. The Hall–Kier alpha value is -1.79. The lowest BCUT2D eigenvalue weighted by molar-refractivity contribution is -0.134. The maximum atomic E-state index is 12.9. The average molecular weight is 407 g/mol. The highest BCUT2D eigenvalue weighted by atomic mass is 35.5. The van der Waals surface area contributed by atoms with Gasteiger partial charge in [-0.15, -0.1) is 12.4 Å². The molecule has 7 heteroatoms. The van der Waals surface area contributed by atoms with E-state index in [2.05, 4.69) is 16.0 Å². The summed E-state index contributed by atoms with van der Waals surface area (Å²) >= 11 is 0. The van der Waals surface area contributed by atoms with Crippen molar-refractivity contribution in [2.45, 2.75) is 63.1 Å². The molecule has 2 aliphatic heterocycles. The highest BCUT2D eigenvalue weighted by molar-refractivity contribution is 5.89. The summed E-state index contributed by atoms with van der Waals surface area (Å²) in [6.07, 6.45) is 7.71. The normalized spacial score (nSPS) is 27.4. The highest BCUT2D eigenvalue weighted by Crippen LogP contribution is 2.33. The highest BCUT2D eigenvalue weighted by Gasteiger charge is 2.40. The quantitative estimate of drug-likeness (QED) is 0.721. The summed E-state index contributed by atoms with van der Waals surface area (Å²) in [5.74, 6) is 0.949. The van der Waals surface area contributed by atoms with Gasteiger partial charge in [0.25, 0.3) is 0 Å². The van der Waals surface area contributed by atoms with Crippen LogP contribution >= 0.6 is 12.4 Å². The number of carbonyl (C=O) groups is 2. The summed E-state index contributed by atoms with van der Waals surface area (Å²) in [5, 5.41) is 9.48. The molecule has 3 fully saturated rings. The minimum Gasteiger partial charge on any atom is -0.341 e. The van der Waals surface area contributed by atoms with Gasteiger partial charge in [-0.05, 0) is 50.2 Å². The number of rotatable bonds is 3. The SMILES string of the molecule is Cl.O=C(Nc1ccccc1)NC1CCN(C(=O)C2CC3CCCCC3N2)CC1. The van der Waals surface area contributed by atoms with E-state index < -0.39 is 0 Å². The van der Waals surface area contributed by atoms with Crippen LogP contribution in [-0.4, -0.2) is 48.1 Å². The standard InChI is InChI=1S/C21H30N4O2.ClH/c26-20(19-14-15-6-4-5-9-18(15)24-19)25-12-10-17(11-13-25)23-21(27)22-16-7-2-1-3-8-16;/h1-3,7-8,15,17-19,24H,4-6,9-14H2,(H2,22,23,27);1H. The molecule has 3 N–H and O–H groups in total. The second kappa shape index (κ2) is 9.61. The van der Waals surface area contributed by atoms with Gasteiger partial charge in [-0.1, -0.05) is 31.0 Å². The molecule has 0 spiro atoms. The Labute approximate surface area is 173 Å². The van der Waals surface area contributed by atoms with Crippen LogP contribution in [0.3, 0.4) is 0 Å². The number of carbonyl (C=O) groups excluding carboxylic acids is 2. The fourth-order valence-corrected chi connectivity index (χ4v) is 4.85. The number of hydrogen-bond acceptors (Lipinski definition) is 3. The fourth-order valence-electron chi connectivity index (χ4n) is 4.85. The van der Waals surface area contributed by atoms with Crippen molar-refractivity contribution in [2.24, 2.45) is 5.92 Å². The molecule has 3 atom stereocenters. The maximum Gasteiger partial charge on any atom is 0.319 e. The van der Waals surface area contributed by atoms with E-state index in [0.29, 0.717) is 12.0 Å². The zero-order chi connectivity index (χ0) is 18.6. The van der Waals surface area contributed by atoms with Crippen LogP contribution in [0.4, 0.5) is 10.5 Å². The van der Waals surface area contributed by atoms with Gasteiger partial charge in [0, 0.05) is 30.9 Å². The third-order valence-electron chi connectivity index (χ3n) is 6.33. The third kappa shape index (κ3) is 4.97. The first-order valence-corrected chi connectivity index (χ1v) is 10.4. The molecule has 3 aliphatic rings. The molecule has 0 radical (unpaired) electrons. The number of benzene rings is 1. The predicted molar refractivity (Wildman–Crippen MR) is 113 cm³/mol. The molecule has 2 heterocycles. The van der Waals surface area contributed by atoms with E-state index >= 15 is 0 Å². The lowest BCUT2D eigenvalue weighted by Gasteiger charge is -2.34. The molecule has 6 nitrogen and oxygen atoms in total. The van der Waals surface area contributed by atoms with Gasteiger partial charge in [0.1, 0.15) is 0 Å². The second-order valence-corrected chi connectivity index (χ2v) is 8.17. The minimum atomic E-state index is -0.174. The van der Waals surface area contributed by atoms with Crippen molar-refractivity contribution >= 4 is 30.0 Å². The van der Waals surface area contributed by atoms with Crippen LogP contribution in [0.15, 0.2) is 30.3 Å². The number of fused-ring (bicyclic) bond motifs is 1. The lowest BCUT2D eigenvalue weighted by Crippen LogP contribution is -2.51. The number of likely N-dealkylation sites (tertiary alicyclic amines) is 1.